The van der Waals surface area contributed by atoms with Crippen LogP contribution < -0.4 is 5.32 Å². The van der Waals surface area contributed by atoms with Crippen molar-refractivity contribution < 1.29 is 19.1 Å². The molecule has 0 bridgehead atoms. The number of benzene rings is 3. The molecule has 0 spiro atoms. The Bertz CT molecular complexity index is 1020. The number of rotatable bonds is 8. The van der Waals surface area contributed by atoms with Crippen LogP contribution in [0.1, 0.15) is 30.1 Å². The molecule has 0 saturated carbocycles. The maximum atomic E-state index is 12.5. The zero-order valence-electron chi connectivity index (χ0n) is 16.7. The quantitative estimate of drug-likeness (QED) is 0.431. The number of amides is 1. The summed E-state index contributed by atoms with van der Waals surface area (Å²) in [5, 5.41) is 2.82. The lowest BCUT2D eigenvalue weighted by Gasteiger charge is -2.16. The van der Waals surface area contributed by atoms with Gasteiger partial charge in [-0.2, -0.15) is 0 Å². The van der Waals surface area contributed by atoms with Crippen molar-refractivity contribution in [2.24, 2.45) is 0 Å². The number of hydrogen-bond acceptors (Lipinski definition) is 4. The van der Waals surface area contributed by atoms with Crippen molar-refractivity contribution in [3.05, 3.63) is 90.5 Å². The average molecular weight is 401 g/mol. The maximum absolute atomic E-state index is 12.5. The molecule has 0 aliphatic heterocycles. The summed E-state index contributed by atoms with van der Waals surface area (Å²) in [7, 11) is 0. The zero-order valence-corrected chi connectivity index (χ0v) is 16.7. The van der Waals surface area contributed by atoms with E-state index in [0.717, 1.165) is 11.1 Å². The molecule has 5 heteroatoms. The van der Waals surface area contributed by atoms with Crippen LogP contribution in [0.2, 0.25) is 0 Å². The molecule has 0 radical (unpaired) electrons. The van der Waals surface area contributed by atoms with Gasteiger partial charge in [-0.15, -0.1) is 0 Å². The van der Waals surface area contributed by atoms with Gasteiger partial charge in [0.15, 0.2) is 11.9 Å². The summed E-state index contributed by atoms with van der Waals surface area (Å²) < 4.78 is 5.21. The molecule has 3 rings (SSSR count). The van der Waals surface area contributed by atoms with Gasteiger partial charge < -0.3 is 10.1 Å². The summed E-state index contributed by atoms with van der Waals surface area (Å²) in [6.07, 6.45) is -1.02. The van der Waals surface area contributed by atoms with E-state index in [0.29, 0.717) is 11.3 Å². The van der Waals surface area contributed by atoms with Crippen LogP contribution in [0.15, 0.2) is 84.9 Å². The van der Waals surface area contributed by atoms with Gasteiger partial charge in [-0.05, 0) is 18.6 Å². The van der Waals surface area contributed by atoms with Gasteiger partial charge in [0, 0.05) is 23.2 Å². The summed E-state index contributed by atoms with van der Waals surface area (Å²) in [6.45, 7) is 1.51. The standard InChI is InChI=1S/C25H23NO4/c1-18(30-24(28)17-16-23(27)20-12-6-3-7-13-20)25(29)26-22-15-9-8-14-21(22)19-10-4-2-5-11-19/h2-15,18H,16-17H2,1H3,(H,26,29). The predicted molar refractivity (Wildman–Crippen MR) is 116 cm³/mol. The van der Waals surface area contributed by atoms with Crippen molar-refractivity contribution in [1.29, 1.82) is 0 Å². The van der Waals surface area contributed by atoms with Gasteiger partial charge >= 0.3 is 5.97 Å². The lowest BCUT2D eigenvalue weighted by molar-refractivity contribution is -0.153. The third kappa shape index (κ3) is 5.64. The molecule has 5 nitrogen and oxygen atoms in total. The minimum absolute atomic E-state index is 0.0357. The minimum atomic E-state index is -0.979. The van der Waals surface area contributed by atoms with E-state index in [2.05, 4.69) is 5.32 Å². The molecule has 0 fully saturated rings. The van der Waals surface area contributed by atoms with Gasteiger partial charge in [-0.25, -0.2) is 0 Å². The van der Waals surface area contributed by atoms with Crippen LogP contribution in [-0.2, 0) is 14.3 Å². The molecule has 0 aliphatic rings. The van der Waals surface area contributed by atoms with Gasteiger partial charge in [-0.1, -0.05) is 78.9 Å². The number of ether oxygens (including phenoxy) is 1. The van der Waals surface area contributed by atoms with E-state index in [1.54, 1.807) is 30.3 Å². The van der Waals surface area contributed by atoms with Gasteiger partial charge in [0.25, 0.3) is 5.91 Å². The maximum Gasteiger partial charge on any atom is 0.307 e. The highest BCUT2D eigenvalue weighted by molar-refractivity contribution is 5.99. The second kappa shape index (κ2) is 10.2. The molecule has 1 atom stereocenters. The molecule has 0 aliphatic carbocycles. The first-order valence-electron chi connectivity index (χ1n) is 9.77. The third-order valence-corrected chi connectivity index (χ3v) is 4.60. The second-order valence-corrected chi connectivity index (χ2v) is 6.82. The van der Waals surface area contributed by atoms with Gasteiger partial charge in [-0.3, -0.25) is 14.4 Å². The van der Waals surface area contributed by atoms with Crippen LogP contribution in [-0.4, -0.2) is 23.8 Å². The largest absolute Gasteiger partial charge is 0.453 e. The predicted octanol–water partition coefficient (Wildman–Crippen LogP) is 4.89. The number of carbonyl (C=O) groups excluding carboxylic acids is 3. The van der Waals surface area contributed by atoms with E-state index >= 15 is 0 Å². The van der Waals surface area contributed by atoms with Gasteiger partial charge in [0.1, 0.15) is 0 Å². The SMILES string of the molecule is CC(OC(=O)CCC(=O)c1ccccc1)C(=O)Nc1ccccc1-c1ccccc1. The molecule has 30 heavy (non-hydrogen) atoms. The number of nitrogens with one attached hydrogen (secondary N) is 1. The van der Waals surface area contributed by atoms with Crippen molar-refractivity contribution in [3.8, 4) is 11.1 Å². The van der Waals surface area contributed by atoms with Crippen LogP contribution >= 0.6 is 0 Å². The number of anilines is 1. The first-order valence-corrected chi connectivity index (χ1v) is 9.77. The fraction of sp³-hybridized carbons (Fsp3) is 0.160. The molecule has 0 heterocycles. The summed E-state index contributed by atoms with van der Waals surface area (Å²) >= 11 is 0. The lowest BCUT2D eigenvalue weighted by atomic mass is 10.0. The molecule has 1 amide bonds. The molecule has 1 unspecified atom stereocenters. The molecular formula is C25H23NO4. The molecule has 3 aromatic carbocycles. The van der Waals surface area contributed by atoms with Gasteiger partial charge in [0.2, 0.25) is 0 Å². The first-order chi connectivity index (χ1) is 14.5. The van der Waals surface area contributed by atoms with Crippen LogP contribution in [0.4, 0.5) is 5.69 Å². The monoisotopic (exact) mass is 401 g/mol. The van der Waals surface area contributed by atoms with E-state index in [9.17, 15) is 14.4 Å². The summed E-state index contributed by atoms with van der Waals surface area (Å²) in [4.78, 5) is 36.7. The molecule has 0 aromatic heterocycles. The third-order valence-electron chi connectivity index (χ3n) is 4.60. The Kier molecular flexibility index (Phi) is 7.11. The summed E-state index contributed by atoms with van der Waals surface area (Å²) in [6, 6.07) is 25.9. The highest BCUT2D eigenvalue weighted by Crippen LogP contribution is 2.27. The van der Waals surface area contributed by atoms with E-state index in [1.807, 2.05) is 54.6 Å². The fourth-order valence-corrected chi connectivity index (χ4v) is 2.99. The minimum Gasteiger partial charge on any atom is -0.453 e. The Morgan fingerprint density at radius 1 is 0.800 bits per heavy atom. The molecule has 3 aromatic rings. The van der Waals surface area contributed by atoms with E-state index in [4.69, 9.17) is 4.74 Å². The Balaban J connectivity index is 1.55. The number of esters is 1. The smallest absolute Gasteiger partial charge is 0.307 e. The molecule has 0 saturated heterocycles. The second-order valence-electron chi connectivity index (χ2n) is 6.82. The normalized spacial score (nSPS) is 11.4. The van der Waals surface area contributed by atoms with Crippen LogP contribution in [0.5, 0.6) is 0 Å². The number of carbonyl (C=O) groups is 3. The number of Topliss-reactive ketones (excluding diaryl/α,β-unsaturated/α-hetero) is 1. The van der Waals surface area contributed by atoms with Crippen LogP contribution in [0.25, 0.3) is 11.1 Å². The van der Waals surface area contributed by atoms with Crippen LogP contribution in [0.3, 0.4) is 0 Å². The summed E-state index contributed by atoms with van der Waals surface area (Å²) in [5.41, 5.74) is 3.03. The van der Waals surface area contributed by atoms with E-state index in [1.165, 1.54) is 6.92 Å². The Morgan fingerprint density at radius 2 is 1.40 bits per heavy atom. The van der Waals surface area contributed by atoms with Crippen molar-refractivity contribution in [1.82, 2.24) is 0 Å². The number of hydrogen-bond donors (Lipinski definition) is 1. The highest BCUT2D eigenvalue weighted by Gasteiger charge is 2.20. The summed E-state index contributed by atoms with van der Waals surface area (Å²) in [5.74, 6) is -1.15. The topological polar surface area (TPSA) is 72.5 Å². The zero-order chi connectivity index (χ0) is 21.3. The Hall–Kier alpha value is -3.73. The highest BCUT2D eigenvalue weighted by atomic mass is 16.5. The Morgan fingerprint density at radius 3 is 2.10 bits per heavy atom. The van der Waals surface area contributed by atoms with Crippen molar-refractivity contribution in [2.45, 2.75) is 25.9 Å². The molecule has 1 N–H and O–H groups in total. The fourth-order valence-electron chi connectivity index (χ4n) is 2.99. The molecule has 152 valence electrons. The van der Waals surface area contributed by atoms with E-state index < -0.39 is 18.0 Å². The lowest BCUT2D eigenvalue weighted by Crippen LogP contribution is -2.30. The number of ketones is 1. The Labute approximate surface area is 175 Å². The van der Waals surface area contributed by atoms with Crippen molar-refractivity contribution in [3.63, 3.8) is 0 Å². The van der Waals surface area contributed by atoms with Gasteiger partial charge in [0.05, 0.1) is 6.42 Å². The molecular weight excluding hydrogens is 378 g/mol. The average Bonchev–Trinajstić information content (AvgIpc) is 2.79. The van der Waals surface area contributed by atoms with Crippen molar-refractivity contribution >= 4 is 23.3 Å². The number of para-hydroxylation sites is 1. The van der Waals surface area contributed by atoms with Crippen LogP contribution in [0, 0.1) is 0 Å². The van der Waals surface area contributed by atoms with E-state index in [-0.39, 0.29) is 18.6 Å². The van der Waals surface area contributed by atoms with Crippen molar-refractivity contribution in [2.75, 3.05) is 5.32 Å². The first kappa shape index (κ1) is 21.0.